The molecule has 1 aliphatic rings. The van der Waals surface area contributed by atoms with E-state index in [1.165, 1.54) is 0 Å². The second kappa shape index (κ2) is 11.1. The Hall–Kier alpha value is -3.70. The molecule has 188 valence electrons. The molecule has 0 aromatic heterocycles. The zero-order chi connectivity index (χ0) is 25.7. The molecule has 0 heterocycles. The first kappa shape index (κ1) is 25.0. The topological polar surface area (TPSA) is 84.9 Å². The highest BCUT2D eigenvalue weighted by Gasteiger charge is 2.35. The van der Waals surface area contributed by atoms with Crippen LogP contribution in [0.2, 0.25) is 0 Å². The van der Waals surface area contributed by atoms with Crippen LogP contribution in [0.3, 0.4) is 0 Å². The van der Waals surface area contributed by atoms with Crippen molar-refractivity contribution in [2.24, 2.45) is 0 Å². The van der Waals surface area contributed by atoms with E-state index in [9.17, 15) is 14.3 Å². The number of carbonyl (C=O) groups excluding carboxylic acids is 1. The van der Waals surface area contributed by atoms with Gasteiger partial charge in [0.1, 0.15) is 12.4 Å². The maximum atomic E-state index is 13.3. The van der Waals surface area contributed by atoms with E-state index in [4.69, 9.17) is 9.26 Å². The lowest BCUT2D eigenvalue weighted by Gasteiger charge is -2.24. The van der Waals surface area contributed by atoms with Crippen molar-refractivity contribution < 1.29 is 23.5 Å². The molecule has 0 spiro atoms. The molecule has 0 fully saturated rings. The molecule has 0 radical (unpaired) electrons. The molecule has 0 saturated carbocycles. The molecule has 4 aromatic rings. The van der Waals surface area contributed by atoms with Crippen molar-refractivity contribution in [3.8, 4) is 11.1 Å². The Labute approximate surface area is 216 Å². The van der Waals surface area contributed by atoms with Crippen LogP contribution in [0.4, 0.5) is 4.79 Å². The van der Waals surface area contributed by atoms with Gasteiger partial charge in [0.25, 0.3) is 0 Å². The van der Waals surface area contributed by atoms with Gasteiger partial charge in [-0.05, 0) is 33.4 Å². The molecule has 5 rings (SSSR count). The molecule has 2 atom stereocenters. The van der Waals surface area contributed by atoms with Gasteiger partial charge in [0.2, 0.25) is 0 Å². The van der Waals surface area contributed by atoms with E-state index in [2.05, 4.69) is 17.4 Å². The fourth-order valence-electron chi connectivity index (χ4n) is 4.69. The van der Waals surface area contributed by atoms with Crippen molar-refractivity contribution in [1.82, 2.24) is 5.32 Å². The van der Waals surface area contributed by atoms with Crippen LogP contribution in [0.5, 0.6) is 0 Å². The molecule has 2 N–H and O–H groups in total. The summed E-state index contributed by atoms with van der Waals surface area (Å²) in [7, 11) is -4.25. The zero-order valence-corrected chi connectivity index (χ0v) is 21.1. The van der Waals surface area contributed by atoms with Crippen LogP contribution in [0.15, 0.2) is 109 Å². The number of hydrogen-bond acceptors (Lipinski definition) is 4. The summed E-state index contributed by atoms with van der Waals surface area (Å²) in [4.78, 5) is 23.8. The minimum atomic E-state index is -4.25. The highest BCUT2D eigenvalue weighted by molar-refractivity contribution is 7.53. The van der Waals surface area contributed by atoms with Gasteiger partial charge in [-0.3, -0.25) is 4.57 Å². The molecule has 6 nitrogen and oxygen atoms in total. The first-order valence-corrected chi connectivity index (χ1v) is 13.8. The predicted molar refractivity (Wildman–Crippen MR) is 143 cm³/mol. The molecular weight excluding hydrogens is 485 g/mol. The summed E-state index contributed by atoms with van der Waals surface area (Å²) in [6, 6.07) is 34.5. The van der Waals surface area contributed by atoms with Crippen molar-refractivity contribution >= 4 is 13.7 Å². The third-order valence-electron chi connectivity index (χ3n) is 6.55. The fourth-order valence-corrected chi connectivity index (χ4v) is 5.92. The van der Waals surface area contributed by atoms with Gasteiger partial charge in [0.05, 0.1) is 6.61 Å². The Morgan fingerprint density at radius 1 is 0.784 bits per heavy atom. The number of fused-ring (bicyclic) bond motifs is 3. The standard InChI is InChI=1S/C30H28NO5P/c32-30(35-21-28-26-17-9-7-15-24(26)25-16-8-10-18-27(25)28)31-29(19-22-11-3-1-4-12-22)37(33,34)36-20-23-13-5-2-6-14-23/h1-18,28-29H,19-21H2,(H,31,32)(H,33,34). The van der Waals surface area contributed by atoms with Crippen molar-refractivity contribution in [2.45, 2.75) is 24.7 Å². The van der Waals surface area contributed by atoms with Gasteiger partial charge in [-0.25, -0.2) is 4.79 Å². The summed E-state index contributed by atoms with van der Waals surface area (Å²) in [6.07, 6.45) is -0.645. The Morgan fingerprint density at radius 2 is 1.30 bits per heavy atom. The average molecular weight is 514 g/mol. The summed E-state index contributed by atoms with van der Waals surface area (Å²) >= 11 is 0. The van der Waals surface area contributed by atoms with Crippen LogP contribution >= 0.6 is 7.60 Å². The quantitative estimate of drug-likeness (QED) is 0.250. The second-order valence-electron chi connectivity index (χ2n) is 9.00. The molecule has 1 amide bonds. The minimum Gasteiger partial charge on any atom is -0.449 e. The van der Waals surface area contributed by atoms with Crippen LogP contribution in [0.1, 0.15) is 28.2 Å². The van der Waals surface area contributed by atoms with Crippen LogP contribution in [0.25, 0.3) is 11.1 Å². The third kappa shape index (κ3) is 5.83. The Balaban J connectivity index is 1.29. The maximum absolute atomic E-state index is 13.3. The van der Waals surface area contributed by atoms with E-state index in [-0.39, 0.29) is 25.6 Å². The maximum Gasteiger partial charge on any atom is 0.407 e. The molecule has 4 aromatic carbocycles. The van der Waals surface area contributed by atoms with Crippen LogP contribution < -0.4 is 5.32 Å². The summed E-state index contributed by atoms with van der Waals surface area (Å²) in [5.41, 5.74) is 6.00. The highest BCUT2D eigenvalue weighted by Crippen LogP contribution is 2.48. The van der Waals surface area contributed by atoms with Gasteiger partial charge in [-0.2, -0.15) is 0 Å². The molecule has 0 aliphatic heterocycles. The molecule has 0 bridgehead atoms. The number of benzene rings is 4. The van der Waals surface area contributed by atoms with E-state index in [1.807, 2.05) is 97.1 Å². The summed E-state index contributed by atoms with van der Waals surface area (Å²) < 4.78 is 24.4. The van der Waals surface area contributed by atoms with Crippen molar-refractivity contribution in [3.05, 3.63) is 131 Å². The minimum absolute atomic E-state index is 0.0493. The van der Waals surface area contributed by atoms with Crippen LogP contribution in [-0.2, 0) is 26.9 Å². The fraction of sp³-hybridized carbons (Fsp3) is 0.167. The number of rotatable bonds is 9. The number of nitrogens with one attached hydrogen (secondary N) is 1. The van der Waals surface area contributed by atoms with Crippen LogP contribution in [-0.4, -0.2) is 23.4 Å². The highest BCUT2D eigenvalue weighted by atomic mass is 31.2. The smallest absolute Gasteiger partial charge is 0.407 e. The molecule has 7 heteroatoms. The molecule has 2 unspecified atom stereocenters. The lowest BCUT2D eigenvalue weighted by Crippen LogP contribution is -2.37. The number of ether oxygens (including phenoxy) is 1. The summed E-state index contributed by atoms with van der Waals surface area (Å²) in [5.74, 6) is -1.28. The monoisotopic (exact) mass is 513 g/mol. The van der Waals surface area contributed by atoms with Crippen LogP contribution in [0, 0.1) is 0 Å². The lowest BCUT2D eigenvalue weighted by atomic mass is 9.98. The molecule has 0 saturated heterocycles. The van der Waals surface area contributed by atoms with E-state index in [0.717, 1.165) is 33.4 Å². The molecule has 37 heavy (non-hydrogen) atoms. The third-order valence-corrected chi connectivity index (χ3v) is 8.15. The SMILES string of the molecule is O=C(NC(Cc1ccccc1)P(=O)(O)OCc1ccccc1)OCC1c2ccccc2-c2ccccc21. The van der Waals surface area contributed by atoms with E-state index in [0.29, 0.717) is 0 Å². The summed E-state index contributed by atoms with van der Waals surface area (Å²) in [5, 5.41) is 2.61. The van der Waals surface area contributed by atoms with Gasteiger partial charge < -0.3 is 19.5 Å². The van der Waals surface area contributed by atoms with Crippen molar-refractivity contribution in [2.75, 3.05) is 6.61 Å². The average Bonchev–Trinajstić information content (AvgIpc) is 3.25. The molecule has 1 aliphatic carbocycles. The zero-order valence-electron chi connectivity index (χ0n) is 20.2. The van der Waals surface area contributed by atoms with Gasteiger partial charge in [-0.15, -0.1) is 0 Å². The normalized spacial score (nSPS) is 14.7. The largest absolute Gasteiger partial charge is 0.449 e. The number of alkyl carbamates (subject to hydrolysis) is 1. The molecular formula is C30H28NO5P. The lowest BCUT2D eigenvalue weighted by molar-refractivity contribution is 0.139. The van der Waals surface area contributed by atoms with E-state index in [1.54, 1.807) is 0 Å². The van der Waals surface area contributed by atoms with Gasteiger partial charge in [0, 0.05) is 12.3 Å². The Kier molecular flexibility index (Phi) is 7.52. The van der Waals surface area contributed by atoms with Crippen molar-refractivity contribution in [1.29, 1.82) is 0 Å². The van der Waals surface area contributed by atoms with Gasteiger partial charge >= 0.3 is 13.7 Å². The van der Waals surface area contributed by atoms with Crippen molar-refractivity contribution in [3.63, 3.8) is 0 Å². The second-order valence-corrected chi connectivity index (χ2v) is 11.0. The summed E-state index contributed by atoms with van der Waals surface area (Å²) in [6.45, 7) is 0.0603. The Bertz CT molecular complexity index is 1360. The first-order chi connectivity index (χ1) is 18.0. The first-order valence-electron chi connectivity index (χ1n) is 12.2. The van der Waals surface area contributed by atoms with E-state index < -0.39 is 19.5 Å². The van der Waals surface area contributed by atoms with Gasteiger partial charge in [0.15, 0.2) is 0 Å². The predicted octanol–water partition coefficient (Wildman–Crippen LogP) is 6.50. The number of hydrogen-bond donors (Lipinski definition) is 2. The number of amides is 1. The van der Waals surface area contributed by atoms with Gasteiger partial charge in [-0.1, -0.05) is 109 Å². The Morgan fingerprint density at radius 3 is 1.89 bits per heavy atom. The van der Waals surface area contributed by atoms with E-state index >= 15 is 0 Å². The number of carbonyl (C=O) groups is 1.